The van der Waals surface area contributed by atoms with Crippen LogP contribution in [0.2, 0.25) is 0 Å². The maximum absolute atomic E-state index is 10.9. The number of nitrogens with two attached hydrogens (primary N) is 1. The standard InChI is InChI=1S/C11H19N3O2/c1-9-10(5-7-16-9)8-14(2)6-3-4-11(15)13-12/h5,7H,3-4,6,8,12H2,1-2H3,(H,13,15). The normalized spacial score (nSPS) is 10.8. The monoisotopic (exact) mass is 225 g/mol. The van der Waals surface area contributed by atoms with E-state index in [1.54, 1.807) is 6.26 Å². The van der Waals surface area contributed by atoms with Crippen molar-refractivity contribution >= 4 is 5.91 Å². The third-order valence-corrected chi connectivity index (χ3v) is 2.51. The van der Waals surface area contributed by atoms with Gasteiger partial charge in [0, 0.05) is 18.5 Å². The number of rotatable bonds is 6. The Morgan fingerprint density at radius 2 is 2.38 bits per heavy atom. The molecule has 0 aliphatic rings. The van der Waals surface area contributed by atoms with E-state index in [1.165, 1.54) is 5.56 Å². The second-order valence-electron chi connectivity index (χ2n) is 3.91. The van der Waals surface area contributed by atoms with Gasteiger partial charge in [0.05, 0.1) is 6.26 Å². The number of carbonyl (C=O) groups excluding carboxylic acids is 1. The second kappa shape index (κ2) is 6.30. The molecule has 16 heavy (non-hydrogen) atoms. The summed E-state index contributed by atoms with van der Waals surface area (Å²) in [7, 11) is 2.02. The van der Waals surface area contributed by atoms with Gasteiger partial charge in [0.1, 0.15) is 5.76 Å². The average Bonchev–Trinajstić information content (AvgIpc) is 2.64. The first kappa shape index (κ1) is 12.7. The van der Waals surface area contributed by atoms with Crippen LogP contribution in [0.4, 0.5) is 0 Å². The molecule has 1 heterocycles. The Morgan fingerprint density at radius 3 is 2.94 bits per heavy atom. The molecule has 1 amide bonds. The van der Waals surface area contributed by atoms with Gasteiger partial charge in [-0.1, -0.05) is 0 Å². The average molecular weight is 225 g/mol. The number of nitrogens with zero attached hydrogens (tertiary/aromatic N) is 1. The quantitative estimate of drug-likeness (QED) is 0.426. The van der Waals surface area contributed by atoms with Crippen molar-refractivity contribution in [1.29, 1.82) is 0 Å². The van der Waals surface area contributed by atoms with E-state index in [-0.39, 0.29) is 5.91 Å². The predicted octanol–water partition coefficient (Wildman–Crippen LogP) is 0.790. The van der Waals surface area contributed by atoms with Crippen molar-refractivity contribution in [3.63, 3.8) is 0 Å². The summed E-state index contributed by atoms with van der Waals surface area (Å²) in [6.07, 6.45) is 2.96. The number of hydrogen-bond donors (Lipinski definition) is 2. The summed E-state index contributed by atoms with van der Waals surface area (Å²) in [6.45, 7) is 3.65. The number of hydrogen-bond acceptors (Lipinski definition) is 4. The molecule has 5 heteroatoms. The molecule has 0 aromatic carbocycles. The fourth-order valence-electron chi connectivity index (χ4n) is 1.53. The lowest BCUT2D eigenvalue weighted by molar-refractivity contribution is -0.121. The molecule has 0 saturated heterocycles. The van der Waals surface area contributed by atoms with Crippen LogP contribution >= 0.6 is 0 Å². The number of furan rings is 1. The molecule has 0 unspecified atom stereocenters. The molecule has 0 bridgehead atoms. The van der Waals surface area contributed by atoms with Gasteiger partial charge in [0.2, 0.25) is 5.91 Å². The van der Waals surface area contributed by atoms with Crippen molar-refractivity contribution in [2.75, 3.05) is 13.6 Å². The first-order chi connectivity index (χ1) is 7.63. The highest BCUT2D eigenvalue weighted by molar-refractivity contribution is 5.75. The highest BCUT2D eigenvalue weighted by Crippen LogP contribution is 2.11. The Labute approximate surface area is 95.6 Å². The van der Waals surface area contributed by atoms with Crippen molar-refractivity contribution in [2.24, 2.45) is 5.84 Å². The molecule has 0 fully saturated rings. The van der Waals surface area contributed by atoms with Crippen LogP contribution in [0, 0.1) is 6.92 Å². The summed E-state index contributed by atoms with van der Waals surface area (Å²) < 4.78 is 5.22. The SMILES string of the molecule is Cc1occc1CN(C)CCCC(=O)NN. The molecule has 0 saturated carbocycles. The second-order valence-corrected chi connectivity index (χ2v) is 3.91. The van der Waals surface area contributed by atoms with Crippen molar-refractivity contribution < 1.29 is 9.21 Å². The molecule has 3 N–H and O–H groups in total. The smallest absolute Gasteiger partial charge is 0.233 e. The molecule has 5 nitrogen and oxygen atoms in total. The summed E-state index contributed by atoms with van der Waals surface area (Å²) in [6, 6.07) is 1.97. The summed E-state index contributed by atoms with van der Waals surface area (Å²) >= 11 is 0. The Bertz CT molecular complexity index is 336. The lowest BCUT2D eigenvalue weighted by Gasteiger charge is -2.15. The third kappa shape index (κ3) is 4.04. The lowest BCUT2D eigenvalue weighted by Crippen LogP contribution is -2.30. The molecule has 1 aromatic heterocycles. The maximum atomic E-state index is 10.9. The number of nitrogens with one attached hydrogen (secondary N) is 1. The molecule has 1 rings (SSSR count). The van der Waals surface area contributed by atoms with Crippen molar-refractivity contribution in [3.8, 4) is 0 Å². The molecule has 0 aliphatic carbocycles. The topological polar surface area (TPSA) is 71.5 Å². The molecule has 0 radical (unpaired) electrons. The molecule has 1 aromatic rings. The van der Waals surface area contributed by atoms with Crippen LogP contribution in [0.15, 0.2) is 16.7 Å². The number of hydrazine groups is 1. The minimum absolute atomic E-state index is 0.118. The van der Waals surface area contributed by atoms with Crippen LogP contribution in [0.25, 0.3) is 0 Å². The van der Waals surface area contributed by atoms with Crippen LogP contribution in [-0.2, 0) is 11.3 Å². The van der Waals surface area contributed by atoms with Crippen LogP contribution in [-0.4, -0.2) is 24.4 Å². The van der Waals surface area contributed by atoms with Crippen LogP contribution < -0.4 is 11.3 Å². The summed E-state index contributed by atoms with van der Waals surface area (Å²) in [5, 5.41) is 0. The Balaban J connectivity index is 2.24. The van der Waals surface area contributed by atoms with Gasteiger partial charge in [0.25, 0.3) is 0 Å². The lowest BCUT2D eigenvalue weighted by atomic mass is 10.2. The third-order valence-electron chi connectivity index (χ3n) is 2.51. The van der Waals surface area contributed by atoms with Gasteiger partial charge in [-0.05, 0) is 33.0 Å². The zero-order chi connectivity index (χ0) is 12.0. The van der Waals surface area contributed by atoms with E-state index >= 15 is 0 Å². The van der Waals surface area contributed by atoms with E-state index in [2.05, 4.69) is 10.3 Å². The van der Waals surface area contributed by atoms with E-state index < -0.39 is 0 Å². The molecule has 0 spiro atoms. The van der Waals surface area contributed by atoms with Crippen molar-refractivity contribution in [1.82, 2.24) is 10.3 Å². The van der Waals surface area contributed by atoms with Crippen LogP contribution in [0.3, 0.4) is 0 Å². The zero-order valence-electron chi connectivity index (χ0n) is 9.82. The van der Waals surface area contributed by atoms with E-state index in [9.17, 15) is 4.79 Å². The first-order valence-corrected chi connectivity index (χ1v) is 5.34. The Kier molecular flexibility index (Phi) is 5.01. The van der Waals surface area contributed by atoms with Gasteiger partial charge in [0.15, 0.2) is 0 Å². The van der Waals surface area contributed by atoms with Gasteiger partial charge in [-0.25, -0.2) is 5.84 Å². The fourth-order valence-corrected chi connectivity index (χ4v) is 1.53. The van der Waals surface area contributed by atoms with Crippen LogP contribution in [0.1, 0.15) is 24.2 Å². The maximum Gasteiger partial charge on any atom is 0.233 e. The fraction of sp³-hybridized carbons (Fsp3) is 0.545. The molecule has 0 atom stereocenters. The summed E-state index contributed by atoms with van der Waals surface area (Å²) in [4.78, 5) is 13.0. The van der Waals surface area contributed by atoms with Gasteiger partial charge in [-0.2, -0.15) is 0 Å². The summed E-state index contributed by atoms with van der Waals surface area (Å²) in [5.41, 5.74) is 3.31. The van der Waals surface area contributed by atoms with Gasteiger partial charge in [-0.3, -0.25) is 10.2 Å². The minimum atomic E-state index is -0.118. The Hall–Kier alpha value is -1.33. The number of carbonyl (C=O) groups is 1. The van der Waals surface area contributed by atoms with Crippen molar-refractivity contribution in [2.45, 2.75) is 26.3 Å². The largest absolute Gasteiger partial charge is 0.469 e. The Morgan fingerprint density at radius 1 is 1.62 bits per heavy atom. The molecular weight excluding hydrogens is 206 g/mol. The van der Waals surface area contributed by atoms with E-state index in [1.807, 2.05) is 20.0 Å². The summed E-state index contributed by atoms with van der Waals surface area (Å²) in [5.74, 6) is 5.83. The predicted molar refractivity (Wildman–Crippen MR) is 61.3 cm³/mol. The minimum Gasteiger partial charge on any atom is -0.469 e. The molecule has 90 valence electrons. The molecular formula is C11H19N3O2. The number of amides is 1. The highest BCUT2D eigenvalue weighted by atomic mass is 16.3. The van der Waals surface area contributed by atoms with Gasteiger partial charge >= 0.3 is 0 Å². The first-order valence-electron chi connectivity index (χ1n) is 5.34. The molecule has 0 aliphatic heterocycles. The zero-order valence-corrected chi connectivity index (χ0v) is 9.82. The van der Waals surface area contributed by atoms with Gasteiger partial charge < -0.3 is 9.32 Å². The number of aryl methyl sites for hydroxylation is 1. The van der Waals surface area contributed by atoms with Crippen LogP contribution in [0.5, 0.6) is 0 Å². The van der Waals surface area contributed by atoms with E-state index in [0.717, 1.165) is 25.3 Å². The van der Waals surface area contributed by atoms with Gasteiger partial charge in [-0.15, -0.1) is 0 Å². The van der Waals surface area contributed by atoms with E-state index in [4.69, 9.17) is 10.3 Å². The van der Waals surface area contributed by atoms with Crippen molar-refractivity contribution in [3.05, 3.63) is 23.7 Å². The highest BCUT2D eigenvalue weighted by Gasteiger charge is 2.06. The van der Waals surface area contributed by atoms with E-state index in [0.29, 0.717) is 6.42 Å².